The van der Waals surface area contributed by atoms with E-state index in [0.29, 0.717) is 16.8 Å². The number of aromatic amines is 1. The third-order valence-corrected chi connectivity index (χ3v) is 5.05. The minimum Gasteiger partial charge on any atom is -0.435 e. The number of halogens is 3. The second-order valence-corrected chi connectivity index (χ2v) is 7.02. The van der Waals surface area contributed by atoms with Gasteiger partial charge >= 0.3 is 6.61 Å². The number of nitrogens with one attached hydrogen (secondary N) is 1. The molecule has 0 spiro atoms. The van der Waals surface area contributed by atoms with E-state index in [-0.39, 0.29) is 23.8 Å². The summed E-state index contributed by atoms with van der Waals surface area (Å²) in [6.07, 6.45) is 3.01. The average Bonchev–Trinajstić information content (AvgIpc) is 3.32. The zero-order valence-corrected chi connectivity index (χ0v) is 16.3. The van der Waals surface area contributed by atoms with Gasteiger partial charge in [0.2, 0.25) is 0 Å². The van der Waals surface area contributed by atoms with E-state index in [1.165, 1.54) is 47.6 Å². The molecule has 1 aromatic heterocycles. The van der Waals surface area contributed by atoms with Crippen LogP contribution in [0.3, 0.4) is 0 Å². The van der Waals surface area contributed by atoms with Crippen molar-refractivity contribution in [1.29, 1.82) is 0 Å². The number of carbonyl (C=O) groups is 1. The molecule has 160 valence electrons. The van der Waals surface area contributed by atoms with Crippen LogP contribution in [0.15, 0.2) is 60.0 Å². The molecule has 1 amide bonds. The number of aliphatic imine (C=N–C) groups is 1. The highest BCUT2D eigenvalue weighted by Crippen LogP contribution is 2.41. The molecule has 0 radical (unpaired) electrons. The Morgan fingerprint density at radius 1 is 1.23 bits per heavy atom. The number of nitrogens with zero attached hydrogens (tertiary/aromatic N) is 3. The lowest BCUT2D eigenvalue weighted by Crippen LogP contribution is -2.43. The second kappa shape index (κ2) is 7.78. The van der Waals surface area contributed by atoms with Crippen molar-refractivity contribution in [2.45, 2.75) is 25.6 Å². The zero-order chi connectivity index (χ0) is 22.2. The highest BCUT2D eigenvalue weighted by atomic mass is 19.3. The fourth-order valence-electron chi connectivity index (χ4n) is 3.63. The molecular weight excluding hydrogens is 411 g/mol. The first kappa shape index (κ1) is 20.5. The Hall–Kier alpha value is -3.82. The predicted octanol–water partition coefficient (Wildman–Crippen LogP) is 3.06. The Balaban J connectivity index is 1.84. The molecule has 0 fully saturated rings. The number of amides is 1. The van der Waals surface area contributed by atoms with Crippen LogP contribution >= 0.6 is 0 Å². The summed E-state index contributed by atoms with van der Waals surface area (Å²) in [4.78, 5) is 26.2. The van der Waals surface area contributed by atoms with Crippen molar-refractivity contribution < 1.29 is 22.7 Å². The van der Waals surface area contributed by atoms with Crippen LogP contribution < -0.4 is 10.5 Å². The Labute approximate surface area is 175 Å². The Kier molecular flexibility index (Phi) is 5.14. The quantitative estimate of drug-likeness (QED) is 0.630. The molecule has 7 nitrogen and oxygen atoms in total. The first-order valence-electron chi connectivity index (χ1n) is 9.28. The van der Waals surface area contributed by atoms with Gasteiger partial charge in [0.1, 0.15) is 11.6 Å². The molecule has 3 aromatic rings. The molecular formula is C21H18F3N5O2. The summed E-state index contributed by atoms with van der Waals surface area (Å²) in [7, 11) is 0. The van der Waals surface area contributed by atoms with Crippen molar-refractivity contribution in [3.8, 4) is 5.75 Å². The predicted molar refractivity (Wildman–Crippen MR) is 106 cm³/mol. The van der Waals surface area contributed by atoms with Crippen molar-refractivity contribution in [1.82, 2.24) is 14.9 Å². The van der Waals surface area contributed by atoms with Gasteiger partial charge in [0.05, 0.1) is 18.6 Å². The lowest BCUT2D eigenvalue weighted by molar-refractivity contribution is -0.130. The van der Waals surface area contributed by atoms with Crippen LogP contribution in [0.4, 0.5) is 13.2 Å². The smallest absolute Gasteiger partial charge is 0.387 e. The summed E-state index contributed by atoms with van der Waals surface area (Å²) in [5.41, 5.74) is 6.02. The standard InChI is InChI=1S/C21H18F3N5O2/c1-12-7-14(5-6-17(12)31-19(23)24)21(13-3-2-4-15(22)8-13)18(30)29(20(25)28-21)10-16-9-26-11-27-16/h2-9,11,19H,10H2,1H3,(H2,25,28)(H,26,27). The van der Waals surface area contributed by atoms with Crippen LogP contribution in [-0.2, 0) is 16.9 Å². The highest BCUT2D eigenvalue weighted by molar-refractivity contribution is 6.09. The molecule has 0 bridgehead atoms. The summed E-state index contributed by atoms with van der Waals surface area (Å²) in [5.74, 6) is -1.16. The summed E-state index contributed by atoms with van der Waals surface area (Å²) in [6.45, 7) is -1.35. The van der Waals surface area contributed by atoms with Crippen molar-refractivity contribution in [2.24, 2.45) is 10.7 Å². The van der Waals surface area contributed by atoms with Crippen molar-refractivity contribution in [3.05, 3.63) is 83.2 Å². The van der Waals surface area contributed by atoms with E-state index in [9.17, 15) is 18.0 Å². The van der Waals surface area contributed by atoms with Crippen LogP contribution in [0.5, 0.6) is 5.75 Å². The zero-order valence-electron chi connectivity index (χ0n) is 16.3. The van der Waals surface area contributed by atoms with Gasteiger partial charge in [0, 0.05) is 6.20 Å². The summed E-state index contributed by atoms with van der Waals surface area (Å²) in [6, 6.07) is 9.76. The third kappa shape index (κ3) is 3.60. The maximum Gasteiger partial charge on any atom is 0.387 e. The minimum absolute atomic E-state index is 0.0372. The van der Waals surface area contributed by atoms with E-state index in [1.54, 1.807) is 19.2 Å². The number of hydrogen-bond acceptors (Lipinski definition) is 5. The summed E-state index contributed by atoms with van der Waals surface area (Å²) >= 11 is 0. The molecule has 31 heavy (non-hydrogen) atoms. The molecule has 1 unspecified atom stereocenters. The number of carbonyl (C=O) groups excluding carboxylic acids is 1. The molecule has 10 heteroatoms. The third-order valence-electron chi connectivity index (χ3n) is 5.05. The monoisotopic (exact) mass is 429 g/mol. The van der Waals surface area contributed by atoms with E-state index in [2.05, 4.69) is 19.7 Å². The highest BCUT2D eigenvalue weighted by Gasteiger charge is 2.51. The molecule has 2 heterocycles. The van der Waals surface area contributed by atoms with Crippen LogP contribution in [-0.4, -0.2) is 33.3 Å². The number of nitrogens with two attached hydrogens (primary N) is 1. The van der Waals surface area contributed by atoms with Gasteiger partial charge < -0.3 is 15.5 Å². The molecule has 4 rings (SSSR count). The first-order valence-corrected chi connectivity index (χ1v) is 9.28. The normalized spacial score (nSPS) is 18.5. The number of hydrogen-bond donors (Lipinski definition) is 2. The number of alkyl halides is 2. The van der Waals surface area contributed by atoms with Gasteiger partial charge in [-0.1, -0.05) is 18.2 Å². The second-order valence-electron chi connectivity index (χ2n) is 7.02. The Morgan fingerprint density at radius 2 is 2.00 bits per heavy atom. The lowest BCUT2D eigenvalue weighted by atomic mass is 9.82. The molecule has 0 saturated carbocycles. The Bertz CT molecular complexity index is 1150. The van der Waals surface area contributed by atoms with Gasteiger partial charge in [-0.05, 0) is 47.9 Å². The van der Waals surface area contributed by atoms with E-state index in [1.807, 2.05) is 0 Å². The molecule has 1 atom stereocenters. The first-order chi connectivity index (χ1) is 14.8. The number of aryl methyl sites for hydroxylation is 1. The Morgan fingerprint density at radius 3 is 2.65 bits per heavy atom. The van der Waals surface area contributed by atoms with Gasteiger partial charge in [-0.25, -0.2) is 14.4 Å². The fourth-order valence-corrected chi connectivity index (χ4v) is 3.63. The van der Waals surface area contributed by atoms with Gasteiger partial charge in [-0.3, -0.25) is 9.69 Å². The molecule has 1 aliphatic heterocycles. The van der Waals surface area contributed by atoms with Crippen LogP contribution in [0, 0.1) is 12.7 Å². The summed E-state index contributed by atoms with van der Waals surface area (Å²) < 4.78 is 43.9. The van der Waals surface area contributed by atoms with Gasteiger partial charge in [-0.15, -0.1) is 0 Å². The molecule has 0 saturated heterocycles. The lowest BCUT2D eigenvalue weighted by Gasteiger charge is -2.27. The van der Waals surface area contributed by atoms with E-state index < -0.39 is 23.9 Å². The van der Waals surface area contributed by atoms with Crippen LogP contribution in [0.2, 0.25) is 0 Å². The van der Waals surface area contributed by atoms with Crippen molar-refractivity contribution in [3.63, 3.8) is 0 Å². The molecule has 3 N–H and O–H groups in total. The number of benzene rings is 2. The molecule has 1 aliphatic rings. The topological polar surface area (TPSA) is 96.6 Å². The van der Waals surface area contributed by atoms with Crippen molar-refractivity contribution in [2.75, 3.05) is 0 Å². The number of aromatic nitrogens is 2. The van der Waals surface area contributed by atoms with Crippen LogP contribution in [0.25, 0.3) is 0 Å². The minimum atomic E-state index is -2.99. The number of imidazole rings is 1. The largest absolute Gasteiger partial charge is 0.435 e. The average molecular weight is 429 g/mol. The van der Waals surface area contributed by atoms with Gasteiger partial charge in [0.25, 0.3) is 5.91 Å². The molecule has 0 aliphatic carbocycles. The van der Waals surface area contributed by atoms with Crippen molar-refractivity contribution >= 4 is 11.9 Å². The maximum atomic E-state index is 14.1. The number of H-pyrrole nitrogens is 1. The van der Waals surface area contributed by atoms with Gasteiger partial charge in [0.15, 0.2) is 11.5 Å². The van der Waals surface area contributed by atoms with Gasteiger partial charge in [-0.2, -0.15) is 8.78 Å². The van der Waals surface area contributed by atoms with E-state index in [4.69, 9.17) is 5.73 Å². The number of guanidine groups is 1. The maximum absolute atomic E-state index is 14.1. The fraction of sp³-hybridized carbons (Fsp3) is 0.190. The van der Waals surface area contributed by atoms with Crippen LogP contribution in [0.1, 0.15) is 22.4 Å². The molecule has 2 aromatic carbocycles. The number of rotatable bonds is 6. The summed E-state index contributed by atoms with van der Waals surface area (Å²) in [5, 5.41) is 0. The number of ether oxygens (including phenoxy) is 1. The SMILES string of the molecule is Cc1cc(C2(c3cccc(F)c3)N=C(N)N(Cc3cnc[nH]3)C2=O)ccc1OC(F)F. The van der Waals surface area contributed by atoms with E-state index >= 15 is 0 Å². The van der Waals surface area contributed by atoms with E-state index in [0.717, 1.165) is 0 Å².